The van der Waals surface area contributed by atoms with Crippen molar-refractivity contribution in [3.63, 3.8) is 0 Å². The zero-order valence-corrected chi connectivity index (χ0v) is 23.8. The number of aryl methyl sites for hydroxylation is 1. The topological polar surface area (TPSA) is 20.2 Å². The monoisotopic (exact) mass is 472 g/mol. The molecule has 1 heteroatoms. The van der Waals surface area contributed by atoms with Gasteiger partial charge in [-0.15, -0.1) is 0 Å². The molecule has 0 aliphatic carbocycles. The van der Waals surface area contributed by atoms with Crippen molar-refractivity contribution in [3.8, 4) is 5.75 Å². The average molecular weight is 473 g/mol. The van der Waals surface area contributed by atoms with Crippen LogP contribution >= 0.6 is 0 Å². The molecule has 198 valence electrons. The Balaban J connectivity index is 2.55. The fraction of sp³-hybridized carbons (Fsp3) is 0.818. The third-order valence-corrected chi connectivity index (χ3v) is 7.63. The maximum absolute atomic E-state index is 10.9. The third kappa shape index (κ3) is 13.2. The van der Waals surface area contributed by atoms with Crippen molar-refractivity contribution in [1.29, 1.82) is 0 Å². The average Bonchev–Trinajstić information content (AvgIpc) is 2.84. The largest absolute Gasteiger partial charge is 0.508 e. The Hall–Kier alpha value is -0.980. The Morgan fingerprint density at radius 1 is 0.412 bits per heavy atom. The van der Waals surface area contributed by atoms with Crippen LogP contribution in [-0.4, -0.2) is 5.11 Å². The minimum Gasteiger partial charge on any atom is -0.508 e. The van der Waals surface area contributed by atoms with Gasteiger partial charge in [0.15, 0.2) is 0 Å². The van der Waals surface area contributed by atoms with E-state index < -0.39 is 0 Å². The normalized spacial score (nSPS) is 11.4. The molecule has 0 spiro atoms. The zero-order chi connectivity index (χ0) is 24.9. The molecule has 0 aromatic heterocycles. The second kappa shape index (κ2) is 21.3. The van der Waals surface area contributed by atoms with Crippen molar-refractivity contribution in [3.05, 3.63) is 28.3 Å². The van der Waals surface area contributed by atoms with Crippen LogP contribution in [0.25, 0.3) is 0 Å². The number of unbranched alkanes of at least 4 members (excludes halogenated alkanes) is 15. The molecular weight excluding hydrogens is 412 g/mol. The van der Waals surface area contributed by atoms with E-state index in [2.05, 4.69) is 33.8 Å². The number of hydrogen-bond acceptors (Lipinski definition) is 1. The Morgan fingerprint density at radius 2 is 0.794 bits per heavy atom. The molecule has 0 saturated heterocycles. The number of hydrogen-bond donors (Lipinski definition) is 1. The number of benzene rings is 1. The maximum Gasteiger partial charge on any atom is 0.119 e. The van der Waals surface area contributed by atoms with Crippen LogP contribution in [0.15, 0.2) is 6.07 Å². The fourth-order valence-corrected chi connectivity index (χ4v) is 5.38. The van der Waals surface area contributed by atoms with Gasteiger partial charge in [-0.2, -0.15) is 0 Å². The van der Waals surface area contributed by atoms with Gasteiger partial charge in [-0.1, -0.05) is 124 Å². The van der Waals surface area contributed by atoms with Gasteiger partial charge in [0, 0.05) is 0 Å². The molecule has 0 heterocycles. The standard InChI is InChI=1S/C33H60O/c1-5-9-13-14-15-16-17-18-19-20-21-22-23-27-30-29(24-10-6-2)28-33(34)32(26-12-8-4)31(30)25-11-7-3/h28,34H,5-27H2,1-4H3. The first-order valence-electron chi connectivity index (χ1n) is 15.5. The predicted molar refractivity (Wildman–Crippen MR) is 153 cm³/mol. The van der Waals surface area contributed by atoms with Crippen LogP contribution in [0.4, 0.5) is 0 Å². The minimum absolute atomic E-state index is 0.583. The molecule has 0 atom stereocenters. The zero-order valence-electron chi connectivity index (χ0n) is 23.8. The van der Waals surface area contributed by atoms with Crippen LogP contribution in [0.2, 0.25) is 0 Å². The summed E-state index contributed by atoms with van der Waals surface area (Å²) in [6, 6.07) is 2.15. The van der Waals surface area contributed by atoms with Crippen LogP contribution in [0.5, 0.6) is 5.75 Å². The second-order valence-electron chi connectivity index (χ2n) is 10.8. The minimum atomic E-state index is 0.583. The van der Waals surface area contributed by atoms with E-state index in [1.165, 1.54) is 145 Å². The molecule has 34 heavy (non-hydrogen) atoms. The number of phenolic OH excluding ortho intramolecular Hbond substituents is 1. The van der Waals surface area contributed by atoms with E-state index in [4.69, 9.17) is 0 Å². The van der Waals surface area contributed by atoms with Gasteiger partial charge >= 0.3 is 0 Å². The lowest BCUT2D eigenvalue weighted by Gasteiger charge is -2.21. The third-order valence-electron chi connectivity index (χ3n) is 7.63. The molecule has 0 aliphatic rings. The molecule has 0 fully saturated rings. The van der Waals surface area contributed by atoms with E-state index in [0.29, 0.717) is 5.75 Å². The summed E-state index contributed by atoms with van der Waals surface area (Å²) in [4.78, 5) is 0. The van der Waals surface area contributed by atoms with Gasteiger partial charge in [-0.3, -0.25) is 0 Å². The molecule has 1 nitrogen and oxygen atoms in total. The summed E-state index contributed by atoms with van der Waals surface area (Å²) in [5.41, 5.74) is 5.87. The van der Waals surface area contributed by atoms with Crippen LogP contribution in [0.1, 0.15) is 172 Å². The molecule has 0 saturated carbocycles. The Bertz CT molecular complexity index is 603. The van der Waals surface area contributed by atoms with E-state index >= 15 is 0 Å². The summed E-state index contributed by atoms with van der Waals surface area (Å²) in [6.07, 6.45) is 30.2. The van der Waals surface area contributed by atoms with Gasteiger partial charge in [0.05, 0.1) is 0 Å². The number of aromatic hydroxyl groups is 1. The molecule has 1 N–H and O–H groups in total. The molecule has 1 aromatic carbocycles. The first-order chi connectivity index (χ1) is 16.7. The molecular formula is C33H60O. The smallest absolute Gasteiger partial charge is 0.119 e. The van der Waals surface area contributed by atoms with E-state index in [0.717, 1.165) is 19.3 Å². The van der Waals surface area contributed by atoms with Gasteiger partial charge in [0.1, 0.15) is 5.75 Å². The fourth-order valence-electron chi connectivity index (χ4n) is 5.38. The highest BCUT2D eigenvalue weighted by atomic mass is 16.3. The van der Waals surface area contributed by atoms with Crippen molar-refractivity contribution < 1.29 is 5.11 Å². The lowest BCUT2D eigenvalue weighted by atomic mass is 9.85. The number of phenols is 1. The summed E-state index contributed by atoms with van der Waals surface area (Å²) < 4.78 is 0. The molecule has 0 bridgehead atoms. The highest BCUT2D eigenvalue weighted by molar-refractivity contribution is 5.50. The van der Waals surface area contributed by atoms with Crippen molar-refractivity contribution >= 4 is 0 Å². The SMILES string of the molecule is CCCCCCCCCCCCCCCc1c(CCCC)cc(O)c(CCCC)c1CCCC. The van der Waals surface area contributed by atoms with Crippen LogP contribution < -0.4 is 0 Å². The van der Waals surface area contributed by atoms with E-state index in [1.807, 2.05) is 0 Å². The summed E-state index contributed by atoms with van der Waals surface area (Å²) in [7, 11) is 0. The lowest BCUT2D eigenvalue weighted by molar-refractivity contribution is 0.463. The van der Waals surface area contributed by atoms with Crippen molar-refractivity contribution in [2.75, 3.05) is 0 Å². The van der Waals surface area contributed by atoms with Crippen LogP contribution in [0.3, 0.4) is 0 Å². The highest BCUT2D eigenvalue weighted by Gasteiger charge is 2.17. The molecule has 1 rings (SSSR count). The molecule has 0 amide bonds. The van der Waals surface area contributed by atoms with Crippen molar-refractivity contribution in [2.45, 2.75) is 175 Å². The van der Waals surface area contributed by atoms with Gasteiger partial charge in [-0.05, 0) is 79.7 Å². The number of rotatable bonds is 23. The summed E-state index contributed by atoms with van der Waals surface area (Å²) in [5, 5.41) is 10.9. The molecule has 0 radical (unpaired) electrons. The van der Waals surface area contributed by atoms with Gasteiger partial charge in [0.2, 0.25) is 0 Å². The molecule has 1 aromatic rings. The molecule has 0 unspecified atom stereocenters. The van der Waals surface area contributed by atoms with Gasteiger partial charge in [0.25, 0.3) is 0 Å². The summed E-state index contributed by atoms with van der Waals surface area (Å²) in [6.45, 7) is 9.12. The van der Waals surface area contributed by atoms with Gasteiger partial charge in [-0.25, -0.2) is 0 Å². The first-order valence-corrected chi connectivity index (χ1v) is 15.5. The highest BCUT2D eigenvalue weighted by Crippen LogP contribution is 2.33. The van der Waals surface area contributed by atoms with E-state index in [1.54, 1.807) is 5.56 Å². The summed E-state index contributed by atoms with van der Waals surface area (Å²) in [5.74, 6) is 0.583. The van der Waals surface area contributed by atoms with E-state index in [9.17, 15) is 5.11 Å². The van der Waals surface area contributed by atoms with Crippen LogP contribution in [0, 0.1) is 0 Å². The lowest BCUT2D eigenvalue weighted by Crippen LogP contribution is -2.07. The van der Waals surface area contributed by atoms with Gasteiger partial charge < -0.3 is 5.11 Å². The summed E-state index contributed by atoms with van der Waals surface area (Å²) >= 11 is 0. The van der Waals surface area contributed by atoms with Crippen molar-refractivity contribution in [2.24, 2.45) is 0 Å². The Morgan fingerprint density at radius 3 is 1.29 bits per heavy atom. The van der Waals surface area contributed by atoms with Crippen LogP contribution in [-0.2, 0) is 25.7 Å². The van der Waals surface area contributed by atoms with Crippen molar-refractivity contribution in [1.82, 2.24) is 0 Å². The molecule has 0 aliphatic heterocycles. The predicted octanol–water partition coefficient (Wildman–Crippen LogP) is 11.1. The first kappa shape index (κ1) is 31.1. The maximum atomic E-state index is 10.9. The second-order valence-corrected chi connectivity index (χ2v) is 10.8. The van der Waals surface area contributed by atoms with E-state index in [-0.39, 0.29) is 0 Å². The Labute approximate surface area is 214 Å². The quantitative estimate of drug-likeness (QED) is 0.157. The Kier molecular flexibility index (Phi) is 19.5.